The molecule has 0 saturated carbocycles. The van der Waals surface area contributed by atoms with Crippen LogP contribution in [0.3, 0.4) is 0 Å². The van der Waals surface area contributed by atoms with E-state index in [1.807, 2.05) is 6.92 Å². The summed E-state index contributed by atoms with van der Waals surface area (Å²) in [5.74, 6) is -0.247. The van der Waals surface area contributed by atoms with Crippen LogP contribution < -0.4 is 5.32 Å². The second kappa shape index (κ2) is 7.63. The third-order valence-corrected chi connectivity index (χ3v) is 3.02. The van der Waals surface area contributed by atoms with Crippen LogP contribution >= 0.6 is 0 Å². The minimum Gasteiger partial charge on any atom is -0.468 e. The van der Waals surface area contributed by atoms with Gasteiger partial charge in [-0.25, -0.2) is 0 Å². The number of carbonyl (C=O) groups excluding carboxylic acids is 1. The molecule has 102 valence electrons. The Morgan fingerprint density at radius 1 is 1.41 bits per heavy atom. The van der Waals surface area contributed by atoms with Gasteiger partial charge in [-0.05, 0) is 27.8 Å². The van der Waals surface area contributed by atoms with E-state index < -0.39 is 5.54 Å². The second-order valence-corrected chi connectivity index (χ2v) is 4.63. The van der Waals surface area contributed by atoms with Gasteiger partial charge in [-0.3, -0.25) is 9.69 Å². The molecule has 17 heavy (non-hydrogen) atoms. The Balaban J connectivity index is 4.63. The molecule has 0 aliphatic heterocycles. The Bertz CT molecular complexity index is 234. The van der Waals surface area contributed by atoms with Crippen molar-refractivity contribution in [2.75, 3.05) is 41.0 Å². The lowest BCUT2D eigenvalue weighted by atomic mass is 10.0. The number of hydrogen-bond acceptors (Lipinski definition) is 5. The second-order valence-electron chi connectivity index (χ2n) is 4.63. The van der Waals surface area contributed by atoms with E-state index in [4.69, 9.17) is 9.47 Å². The lowest BCUT2D eigenvalue weighted by Gasteiger charge is -2.35. The highest BCUT2D eigenvalue weighted by Crippen LogP contribution is 2.11. The number of nitrogens with zero attached hydrogens (tertiary/aromatic N) is 1. The van der Waals surface area contributed by atoms with Gasteiger partial charge < -0.3 is 14.8 Å². The van der Waals surface area contributed by atoms with Gasteiger partial charge in [0.05, 0.1) is 13.7 Å². The first-order valence-corrected chi connectivity index (χ1v) is 5.91. The molecule has 0 bridgehead atoms. The Morgan fingerprint density at radius 3 is 2.35 bits per heavy atom. The van der Waals surface area contributed by atoms with E-state index in [1.165, 1.54) is 7.11 Å². The normalized spacial score (nSPS) is 15.1. The molecule has 1 unspecified atom stereocenters. The molecule has 0 aromatic carbocycles. The molecule has 0 heterocycles. The molecule has 0 aliphatic carbocycles. The Labute approximate surface area is 104 Å². The summed E-state index contributed by atoms with van der Waals surface area (Å²) in [7, 11) is 4.86. The fourth-order valence-corrected chi connectivity index (χ4v) is 1.61. The molecule has 1 N–H and O–H groups in total. The number of ether oxygens (including phenoxy) is 2. The van der Waals surface area contributed by atoms with E-state index in [-0.39, 0.29) is 5.97 Å². The van der Waals surface area contributed by atoms with Crippen LogP contribution in [0, 0.1) is 0 Å². The highest BCUT2D eigenvalue weighted by atomic mass is 16.5. The molecule has 0 spiro atoms. The average molecular weight is 246 g/mol. The molecular weight excluding hydrogens is 220 g/mol. The van der Waals surface area contributed by atoms with Crippen molar-refractivity contribution in [2.45, 2.75) is 32.4 Å². The lowest BCUT2D eigenvalue weighted by molar-refractivity contribution is -0.148. The van der Waals surface area contributed by atoms with E-state index >= 15 is 0 Å². The molecule has 5 nitrogen and oxygen atoms in total. The van der Waals surface area contributed by atoms with Crippen LogP contribution in [0.2, 0.25) is 0 Å². The quantitative estimate of drug-likeness (QED) is 0.632. The van der Waals surface area contributed by atoms with Crippen LogP contribution in [0.25, 0.3) is 0 Å². The fourth-order valence-electron chi connectivity index (χ4n) is 1.61. The van der Waals surface area contributed by atoms with Crippen molar-refractivity contribution in [2.24, 2.45) is 0 Å². The van der Waals surface area contributed by atoms with Gasteiger partial charge in [-0.15, -0.1) is 0 Å². The topological polar surface area (TPSA) is 50.8 Å². The van der Waals surface area contributed by atoms with Gasteiger partial charge >= 0.3 is 5.97 Å². The van der Waals surface area contributed by atoms with Crippen molar-refractivity contribution in [1.82, 2.24) is 10.2 Å². The minimum absolute atomic E-state index is 0.247. The zero-order valence-corrected chi connectivity index (χ0v) is 11.9. The van der Waals surface area contributed by atoms with Crippen LogP contribution in [0.4, 0.5) is 0 Å². The lowest BCUT2D eigenvalue weighted by Crippen LogP contribution is -2.57. The Morgan fingerprint density at radius 2 is 2.00 bits per heavy atom. The fraction of sp³-hybridized carbons (Fsp3) is 0.917. The number of hydrogen-bond donors (Lipinski definition) is 1. The third kappa shape index (κ3) is 5.02. The number of rotatable bonds is 8. The van der Waals surface area contributed by atoms with Crippen LogP contribution in [0.15, 0.2) is 0 Å². The monoisotopic (exact) mass is 246 g/mol. The van der Waals surface area contributed by atoms with E-state index in [0.29, 0.717) is 19.2 Å². The van der Waals surface area contributed by atoms with Crippen molar-refractivity contribution in [3.63, 3.8) is 0 Å². The van der Waals surface area contributed by atoms with Gasteiger partial charge in [0.1, 0.15) is 5.54 Å². The molecule has 0 rings (SSSR count). The molecule has 0 aromatic heterocycles. The summed E-state index contributed by atoms with van der Waals surface area (Å²) in [5, 5.41) is 3.03. The molecule has 0 radical (unpaired) electrons. The van der Waals surface area contributed by atoms with Crippen molar-refractivity contribution in [3.05, 3.63) is 0 Å². The zero-order chi connectivity index (χ0) is 13.5. The van der Waals surface area contributed by atoms with Gasteiger partial charge in [0.2, 0.25) is 0 Å². The van der Waals surface area contributed by atoms with E-state index in [9.17, 15) is 4.79 Å². The largest absolute Gasteiger partial charge is 0.468 e. The molecule has 0 aliphatic rings. The Hall–Kier alpha value is -0.650. The minimum atomic E-state index is -0.688. The number of carbonyl (C=O) groups is 1. The highest BCUT2D eigenvalue weighted by Gasteiger charge is 2.35. The van der Waals surface area contributed by atoms with Gasteiger partial charge in [-0.2, -0.15) is 0 Å². The molecular formula is C12H26N2O3. The van der Waals surface area contributed by atoms with E-state index in [2.05, 4.69) is 24.1 Å². The van der Waals surface area contributed by atoms with E-state index in [1.54, 1.807) is 14.2 Å². The van der Waals surface area contributed by atoms with Crippen LogP contribution in [-0.2, 0) is 14.3 Å². The molecule has 0 saturated heterocycles. The van der Waals surface area contributed by atoms with Crippen LogP contribution in [0.5, 0.6) is 0 Å². The van der Waals surface area contributed by atoms with Crippen molar-refractivity contribution < 1.29 is 14.3 Å². The molecule has 5 heteroatoms. The number of likely N-dealkylation sites (N-methyl/N-ethyl adjacent to an activating group) is 1. The highest BCUT2D eigenvalue weighted by molar-refractivity contribution is 5.80. The van der Waals surface area contributed by atoms with Gasteiger partial charge in [0.15, 0.2) is 0 Å². The number of esters is 1. The first-order chi connectivity index (χ1) is 7.91. The van der Waals surface area contributed by atoms with Gasteiger partial charge in [0, 0.05) is 26.2 Å². The van der Waals surface area contributed by atoms with Crippen molar-refractivity contribution in [1.29, 1.82) is 0 Å². The third-order valence-electron chi connectivity index (χ3n) is 3.02. The average Bonchev–Trinajstić information content (AvgIpc) is 2.32. The summed E-state index contributed by atoms with van der Waals surface area (Å²) in [6.07, 6.45) is 0. The summed E-state index contributed by atoms with van der Waals surface area (Å²) in [6.45, 7) is 8.09. The van der Waals surface area contributed by atoms with Crippen molar-refractivity contribution >= 4 is 5.97 Å². The smallest absolute Gasteiger partial charge is 0.327 e. The number of methoxy groups -OCH3 is 2. The predicted molar refractivity (Wildman–Crippen MR) is 68.1 cm³/mol. The standard InChI is InChI=1S/C12H26N2O3/c1-10(2)14(7-8-16-5)9-12(3,13-4)11(15)17-6/h10,13H,7-9H2,1-6H3. The summed E-state index contributed by atoms with van der Waals surface area (Å²) >= 11 is 0. The first kappa shape index (κ1) is 16.4. The predicted octanol–water partition coefficient (Wildman–Crippen LogP) is 0.494. The summed E-state index contributed by atoms with van der Waals surface area (Å²) < 4.78 is 9.91. The molecule has 0 aromatic rings. The summed E-state index contributed by atoms with van der Waals surface area (Å²) in [6, 6.07) is 0.350. The molecule has 0 fully saturated rings. The Kier molecular flexibility index (Phi) is 7.34. The zero-order valence-electron chi connectivity index (χ0n) is 11.9. The summed E-state index contributed by atoms with van der Waals surface area (Å²) in [5.41, 5.74) is -0.688. The summed E-state index contributed by atoms with van der Waals surface area (Å²) in [4.78, 5) is 13.9. The maximum absolute atomic E-state index is 11.8. The molecule has 0 amide bonds. The number of nitrogens with one attached hydrogen (secondary N) is 1. The maximum atomic E-state index is 11.8. The van der Waals surface area contributed by atoms with Gasteiger partial charge in [0.25, 0.3) is 0 Å². The van der Waals surface area contributed by atoms with Crippen molar-refractivity contribution in [3.8, 4) is 0 Å². The van der Waals surface area contributed by atoms with Gasteiger partial charge in [-0.1, -0.05) is 0 Å². The SMILES string of the molecule is CNC(C)(CN(CCOC)C(C)C)C(=O)OC. The van der Waals surface area contributed by atoms with E-state index in [0.717, 1.165) is 6.54 Å². The van der Waals surface area contributed by atoms with Crippen LogP contribution in [-0.4, -0.2) is 63.4 Å². The first-order valence-electron chi connectivity index (χ1n) is 5.91. The maximum Gasteiger partial charge on any atom is 0.327 e. The van der Waals surface area contributed by atoms with Crippen LogP contribution in [0.1, 0.15) is 20.8 Å². The molecule has 1 atom stereocenters.